The normalized spacial score (nSPS) is 18.5. The van der Waals surface area contributed by atoms with Crippen LogP contribution in [0.5, 0.6) is 0 Å². The van der Waals surface area contributed by atoms with Gasteiger partial charge in [0.15, 0.2) is 0 Å². The van der Waals surface area contributed by atoms with Crippen LogP contribution in [0.15, 0.2) is 0 Å². The van der Waals surface area contributed by atoms with Crippen LogP contribution in [-0.2, 0) is 4.74 Å². The number of amides is 1. The van der Waals surface area contributed by atoms with Gasteiger partial charge in [0.05, 0.1) is 0 Å². The van der Waals surface area contributed by atoms with Crippen molar-refractivity contribution in [1.29, 1.82) is 0 Å². The molecule has 0 saturated carbocycles. The smallest absolute Gasteiger partial charge is 0.404 e. The summed E-state index contributed by atoms with van der Waals surface area (Å²) in [6.07, 6.45) is 1.14. The molecule has 5 heteroatoms. The zero-order valence-electron chi connectivity index (χ0n) is 6.21. The molecule has 0 aromatic carbocycles. The molecule has 1 heterocycles. The summed E-state index contributed by atoms with van der Waals surface area (Å²) in [5.41, 5.74) is 4.84. The number of nitrogens with two attached hydrogens (primary N) is 1. The van der Waals surface area contributed by atoms with E-state index in [2.05, 4.69) is 5.32 Å². The third kappa shape index (κ3) is 4.06. The maximum atomic E-state index is 10.2. The van der Waals surface area contributed by atoms with E-state index < -0.39 is 6.09 Å². The van der Waals surface area contributed by atoms with E-state index >= 15 is 0 Å². The van der Waals surface area contributed by atoms with E-state index in [9.17, 15) is 4.79 Å². The van der Waals surface area contributed by atoms with Crippen molar-refractivity contribution in [1.82, 2.24) is 5.32 Å². The fourth-order valence-corrected chi connectivity index (χ4v) is 1.08. The third-order valence-electron chi connectivity index (χ3n) is 1.57. The summed E-state index contributed by atoms with van der Waals surface area (Å²) in [6.45, 7) is 1.83. The van der Waals surface area contributed by atoms with Crippen LogP contribution in [-0.4, -0.2) is 25.3 Å². The predicted octanol–water partition coefficient (Wildman–Crippen LogP) is 0.255. The Hall–Kier alpha value is -0.480. The summed E-state index contributed by atoms with van der Waals surface area (Å²) in [5, 5.41) is 3.16. The molecule has 0 aromatic heterocycles. The van der Waals surface area contributed by atoms with Crippen molar-refractivity contribution in [2.24, 2.45) is 5.73 Å². The highest BCUT2D eigenvalue weighted by atomic mass is 35.5. The Bertz CT molecular complexity index is 126. The molecule has 0 radical (unpaired) electrons. The van der Waals surface area contributed by atoms with E-state index in [0.29, 0.717) is 0 Å². The minimum atomic E-state index is -0.660. The van der Waals surface area contributed by atoms with Gasteiger partial charge in [-0.1, -0.05) is 0 Å². The average Bonchev–Trinajstić information content (AvgIpc) is 1.88. The number of primary amides is 1. The molecule has 0 unspecified atom stereocenters. The molecule has 1 saturated heterocycles. The van der Waals surface area contributed by atoms with Gasteiger partial charge in [0.25, 0.3) is 0 Å². The molecule has 0 atom stereocenters. The summed E-state index contributed by atoms with van der Waals surface area (Å²) in [6, 6.07) is 0. The van der Waals surface area contributed by atoms with Crippen LogP contribution in [0.3, 0.4) is 0 Å². The summed E-state index contributed by atoms with van der Waals surface area (Å²) in [5.74, 6) is 0. The molecule has 0 aliphatic carbocycles. The number of carbonyl (C=O) groups is 1. The number of ether oxygens (including phenoxy) is 1. The number of halogens is 1. The van der Waals surface area contributed by atoms with Gasteiger partial charge in [-0.15, -0.1) is 12.4 Å². The van der Waals surface area contributed by atoms with Gasteiger partial charge in [-0.2, -0.15) is 0 Å². The van der Waals surface area contributed by atoms with E-state index in [-0.39, 0.29) is 18.5 Å². The van der Waals surface area contributed by atoms with E-state index in [0.717, 1.165) is 25.9 Å². The summed E-state index contributed by atoms with van der Waals surface area (Å²) >= 11 is 0. The van der Waals surface area contributed by atoms with Crippen LogP contribution in [0.25, 0.3) is 0 Å². The van der Waals surface area contributed by atoms with E-state index in [4.69, 9.17) is 10.5 Å². The summed E-state index contributed by atoms with van der Waals surface area (Å²) < 4.78 is 4.79. The Balaban J connectivity index is 0.000001000. The number of nitrogens with one attached hydrogen (secondary N) is 1. The van der Waals surface area contributed by atoms with Crippen molar-refractivity contribution >= 4 is 18.5 Å². The fraction of sp³-hybridized carbons (Fsp3) is 0.833. The van der Waals surface area contributed by atoms with Gasteiger partial charge in [0.1, 0.15) is 6.10 Å². The maximum Gasteiger partial charge on any atom is 0.404 e. The minimum absolute atomic E-state index is 0. The molecule has 66 valence electrons. The molecule has 0 bridgehead atoms. The Morgan fingerprint density at radius 3 is 2.45 bits per heavy atom. The zero-order chi connectivity index (χ0) is 7.40. The largest absolute Gasteiger partial charge is 0.446 e. The predicted molar refractivity (Wildman–Crippen MR) is 43.8 cm³/mol. The topological polar surface area (TPSA) is 64.4 Å². The molecule has 1 amide bonds. The molecular weight excluding hydrogens is 168 g/mol. The van der Waals surface area contributed by atoms with Gasteiger partial charge in [-0.25, -0.2) is 4.79 Å². The lowest BCUT2D eigenvalue weighted by Crippen LogP contribution is -2.34. The van der Waals surface area contributed by atoms with Gasteiger partial charge < -0.3 is 15.8 Å². The minimum Gasteiger partial charge on any atom is -0.446 e. The summed E-state index contributed by atoms with van der Waals surface area (Å²) in [4.78, 5) is 10.2. The van der Waals surface area contributed by atoms with Crippen LogP contribution in [0.1, 0.15) is 12.8 Å². The van der Waals surface area contributed by atoms with Crippen LogP contribution in [0, 0.1) is 0 Å². The second-order valence-corrected chi connectivity index (χ2v) is 2.39. The highest BCUT2D eigenvalue weighted by molar-refractivity contribution is 5.85. The summed E-state index contributed by atoms with van der Waals surface area (Å²) in [7, 11) is 0. The van der Waals surface area contributed by atoms with E-state index in [1.54, 1.807) is 0 Å². The van der Waals surface area contributed by atoms with Crippen LogP contribution < -0.4 is 11.1 Å². The number of piperidine rings is 1. The lowest BCUT2D eigenvalue weighted by atomic mass is 10.1. The lowest BCUT2D eigenvalue weighted by Gasteiger charge is -2.21. The molecule has 11 heavy (non-hydrogen) atoms. The van der Waals surface area contributed by atoms with Crippen molar-refractivity contribution in [3.05, 3.63) is 0 Å². The number of carbonyl (C=O) groups excluding carboxylic acids is 1. The van der Waals surface area contributed by atoms with Gasteiger partial charge in [0, 0.05) is 0 Å². The fourth-order valence-electron chi connectivity index (χ4n) is 1.08. The number of hydrogen-bond acceptors (Lipinski definition) is 3. The molecule has 0 aromatic rings. The highest BCUT2D eigenvalue weighted by Crippen LogP contribution is 2.05. The average molecular weight is 181 g/mol. The standard InChI is InChI=1S/C6H12N2O2.ClH/c7-6(9)10-5-1-3-8-4-2-5;/h5,8H,1-4H2,(H2,7,9);1H. The van der Waals surface area contributed by atoms with Crippen molar-refractivity contribution in [3.8, 4) is 0 Å². The van der Waals surface area contributed by atoms with Crippen LogP contribution in [0.2, 0.25) is 0 Å². The SMILES string of the molecule is Cl.NC(=O)OC1CCNCC1. The molecule has 1 fully saturated rings. The maximum absolute atomic E-state index is 10.2. The Kier molecular flexibility index (Phi) is 4.98. The van der Waals surface area contributed by atoms with Crippen molar-refractivity contribution in [2.75, 3.05) is 13.1 Å². The van der Waals surface area contributed by atoms with Crippen LogP contribution >= 0.6 is 12.4 Å². The molecule has 1 rings (SSSR count). The van der Waals surface area contributed by atoms with Gasteiger partial charge >= 0.3 is 6.09 Å². The molecule has 4 nitrogen and oxygen atoms in total. The molecular formula is C6H13ClN2O2. The second kappa shape index (κ2) is 5.21. The first-order valence-corrected chi connectivity index (χ1v) is 3.46. The third-order valence-corrected chi connectivity index (χ3v) is 1.57. The van der Waals surface area contributed by atoms with Gasteiger partial charge in [0.2, 0.25) is 0 Å². The highest BCUT2D eigenvalue weighted by Gasteiger charge is 2.14. The molecule has 1 aliphatic heterocycles. The second-order valence-electron chi connectivity index (χ2n) is 2.39. The van der Waals surface area contributed by atoms with Crippen LogP contribution in [0.4, 0.5) is 4.79 Å². The quantitative estimate of drug-likeness (QED) is 0.608. The Morgan fingerprint density at radius 2 is 2.00 bits per heavy atom. The Morgan fingerprint density at radius 1 is 1.45 bits per heavy atom. The molecule has 3 N–H and O–H groups in total. The first kappa shape index (κ1) is 10.5. The molecule has 1 aliphatic rings. The zero-order valence-corrected chi connectivity index (χ0v) is 7.02. The Labute approximate surface area is 71.9 Å². The van der Waals surface area contributed by atoms with Crippen molar-refractivity contribution in [2.45, 2.75) is 18.9 Å². The molecule has 0 spiro atoms. The lowest BCUT2D eigenvalue weighted by molar-refractivity contribution is 0.0872. The van der Waals surface area contributed by atoms with Crippen molar-refractivity contribution in [3.63, 3.8) is 0 Å². The van der Waals surface area contributed by atoms with Gasteiger partial charge in [-0.3, -0.25) is 0 Å². The van der Waals surface area contributed by atoms with Gasteiger partial charge in [-0.05, 0) is 25.9 Å². The number of rotatable bonds is 1. The number of hydrogen-bond donors (Lipinski definition) is 2. The first-order chi connectivity index (χ1) is 4.79. The van der Waals surface area contributed by atoms with E-state index in [1.165, 1.54) is 0 Å². The van der Waals surface area contributed by atoms with Crippen molar-refractivity contribution < 1.29 is 9.53 Å². The monoisotopic (exact) mass is 180 g/mol. The van der Waals surface area contributed by atoms with E-state index in [1.807, 2.05) is 0 Å². The first-order valence-electron chi connectivity index (χ1n) is 3.46.